The lowest BCUT2D eigenvalue weighted by molar-refractivity contribution is 0.550. The number of aromatic amines is 1. The van der Waals surface area contributed by atoms with Gasteiger partial charge in [-0.1, -0.05) is 6.07 Å². The summed E-state index contributed by atoms with van der Waals surface area (Å²) >= 11 is 0. The number of sulfonamides is 1. The number of H-pyrrole nitrogens is 1. The number of anilines is 1. The molecule has 1 saturated carbocycles. The van der Waals surface area contributed by atoms with Gasteiger partial charge in [-0.2, -0.15) is 0 Å². The van der Waals surface area contributed by atoms with E-state index in [1.54, 1.807) is 0 Å². The van der Waals surface area contributed by atoms with Gasteiger partial charge in [-0.15, -0.1) is 5.10 Å². The molecule has 4 rings (SSSR count). The van der Waals surface area contributed by atoms with Gasteiger partial charge >= 0.3 is 0 Å². The summed E-state index contributed by atoms with van der Waals surface area (Å²) in [5, 5.41) is 15.7. The summed E-state index contributed by atoms with van der Waals surface area (Å²) in [5.74, 6) is -1.04. The minimum atomic E-state index is -3.49. The second-order valence-corrected chi connectivity index (χ2v) is 8.55. The molecule has 152 valence electrons. The molecule has 2 heterocycles. The van der Waals surface area contributed by atoms with Crippen LogP contribution in [0, 0.1) is 11.6 Å². The fourth-order valence-electron chi connectivity index (χ4n) is 2.68. The first-order valence-corrected chi connectivity index (χ1v) is 10.2. The summed E-state index contributed by atoms with van der Waals surface area (Å²) in [6.07, 6.45) is 4.09. The maximum Gasteiger partial charge on any atom is 0.223 e. The highest BCUT2D eigenvalue weighted by Crippen LogP contribution is 2.28. The Labute approximate surface area is 164 Å². The summed E-state index contributed by atoms with van der Waals surface area (Å²) in [7, 11) is -3.49. The number of nitrogens with zero attached hydrogens (tertiary/aromatic N) is 5. The molecule has 0 saturated heterocycles. The zero-order valence-corrected chi connectivity index (χ0v) is 15.7. The summed E-state index contributed by atoms with van der Waals surface area (Å²) in [6, 6.07) is 2.23. The van der Waals surface area contributed by atoms with Gasteiger partial charge in [0.2, 0.25) is 16.0 Å². The van der Waals surface area contributed by atoms with Gasteiger partial charge in [-0.25, -0.2) is 37.0 Å². The van der Waals surface area contributed by atoms with E-state index in [4.69, 9.17) is 0 Å². The van der Waals surface area contributed by atoms with Crippen LogP contribution in [0.5, 0.6) is 0 Å². The van der Waals surface area contributed by atoms with Crippen molar-refractivity contribution in [3.05, 3.63) is 47.8 Å². The number of aromatic nitrogens is 6. The van der Waals surface area contributed by atoms with Crippen LogP contribution >= 0.6 is 0 Å². The summed E-state index contributed by atoms with van der Waals surface area (Å²) in [4.78, 5) is 8.26. The number of hydrogen-bond acceptors (Lipinski definition) is 8. The lowest BCUT2D eigenvalue weighted by Gasteiger charge is -2.20. The molecule has 0 radical (unpaired) electrons. The van der Waals surface area contributed by atoms with E-state index >= 15 is 0 Å². The van der Waals surface area contributed by atoms with Crippen LogP contribution in [0.4, 0.5) is 14.7 Å². The first-order valence-electron chi connectivity index (χ1n) is 8.68. The minimum Gasteiger partial charge on any atom is -0.346 e. The van der Waals surface area contributed by atoms with Gasteiger partial charge in [0.05, 0.1) is 16.9 Å². The fourth-order valence-corrected chi connectivity index (χ4v) is 4.07. The largest absolute Gasteiger partial charge is 0.346 e. The number of nitrogens with one attached hydrogen (secondary N) is 3. The third-order valence-electron chi connectivity index (χ3n) is 4.36. The molecule has 10 nitrogen and oxygen atoms in total. The van der Waals surface area contributed by atoms with E-state index in [-0.39, 0.29) is 18.1 Å². The number of halogens is 2. The van der Waals surface area contributed by atoms with Gasteiger partial charge < -0.3 is 5.32 Å². The van der Waals surface area contributed by atoms with Crippen LogP contribution in [-0.4, -0.2) is 50.8 Å². The van der Waals surface area contributed by atoms with Crippen molar-refractivity contribution in [2.75, 3.05) is 11.9 Å². The Hall–Kier alpha value is -3.06. The monoisotopic (exact) mass is 422 g/mol. The van der Waals surface area contributed by atoms with Crippen LogP contribution in [0.15, 0.2) is 30.6 Å². The van der Waals surface area contributed by atoms with Crippen LogP contribution < -0.4 is 10.0 Å². The van der Waals surface area contributed by atoms with Gasteiger partial charge in [0.1, 0.15) is 11.6 Å². The third kappa shape index (κ3) is 4.51. The Morgan fingerprint density at radius 2 is 1.97 bits per heavy atom. The SMILES string of the molecule is O=S(=O)(NCC(Nc1ncc(-c2nnn[nH]2)cn1)c1ccc(F)cc1F)C1CC1. The predicted octanol–water partition coefficient (Wildman–Crippen LogP) is 1.17. The van der Waals surface area contributed by atoms with E-state index < -0.39 is 32.9 Å². The molecule has 3 aromatic rings. The van der Waals surface area contributed by atoms with Gasteiger partial charge in [0.15, 0.2) is 5.82 Å². The summed E-state index contributed by atoms with van der Waals surface area (Å²) in [5.41, 5.74) is 0.608. The van der Waals surface area contributed by atoms with Crippen molar-refractivity contribution in [2.45, 2.75) is 24.1 Å². The maximum absolute atomic E-state index is 14.3. The lowest BCUT2D eigenvalue weighted by Crippen LogP contribution is -2.34. The van der Waals surface area contributed by atoms with Gasteiger partial charge in [0, 0.05) is 30.6 Å². The Morgan fingerprint density at radius 3 is 2.59 bits per heavy atom. The van der Waals surface area contributed by atoms with E-state index in [9.17, 15) is 17.2 Å². The normalized spacial score (nSPS) is 15.2. The molecule has 0 spiro atoms. The number of tetrazole rings is 1. The maximum atomic E-state index is 14.3. The van der Waals surface area contributed by atoms with E-state index in [2.05, 4.69) is 40.6 Å². The minimum absolute atomic E-state index is 0.0806. The molecule has 0 aliphatic heterocycles. The second kappa shape index (κ2) is 7.75. The lowest BCUT2D eigenvalue weighted by atomic mass is 10.1. The second-order valence-electron chi connectivity index (χ2n) is 6.50. The first-order chi connectivity index (χ1) is 13.9. The van der Waals surface area contributed by atoms with E-state index in [0.29, 0.717) is 24.2 Å². The molecule has 29 heavy (non-hydrogen) atoms. The van der Waals surface area contributed by atoms with Gasteiger partial charge in [-0.05, 0) is 29.3 Å². The fraction of sp³-hybridized carbons (Fsp3) is 0.312. The van der Waals surface area contributed by atoms with Crippen molar-refractivity contribution in [3.63, 3.8) is 0 Å². The van der Waals surface area contributed by atoms with Gasteiger partial charge in [-0.3, -0.25) is 0 Å². The molecule has 1 aliphatic carbocycles. The zero-order chi connectivity index (χ0) is 20.4. The predicted molar refractivity (Wildman–Crippen MR) is 97.9 cm³/mol. The van der Waals surface area contributed by atoms with Crippen molar-refractivity contribution >= 4 is 16.0 Å². The van der Waals surface area contributed by atoms with Crippen LogP contribution in [0.25, 0.3) is 11.4 Å². The number of hydrogen-bond donors (Lipinski definition) is 3. The number of benzene rings is 1. The third-order valence-corrected chi connectivity index (χ3v) is 6.28. The number of rotatable bonds is 8. The van der Waals surface area contributed by atoms with Gasteiger partial charge in [0.25, 0.3) is 0 Å². The summed E-state index contributed by atoms with van der Waals surface area (Å²) in [6.45, 7) is -0.154. The average Bonchev–Trinajstić information content (AvgIpc) is 3.43. The molecule has 1 aliphatic rings. The van der Waals surface area contributed by atoms with Crippen LogP contribution in [0.3, 0.4) is 0 Å². The molecule has 2 aromatic heterocycles. The first kappa shape index (κ1) is 19.3. The van der Waals surface area contributed by atoms with Crippen LogP contribution in [0.2, 0.25) is 0 Å². The van der Waals surface area contributed by atoms with E-state index in [1.165, 1.54) is 18.5 Å². The molecule has 1 fully saturated rings. The van der Waals surface area contributed by atoms with Crippen LogP contribution in [-0.2, 0) is 10.0 Å². The Kier molecular flexibility index (Phi) is 5.15. The highest BCUT2D eigenvalue weighted by atomic mass is 32.2. The van der Waals surface area contributed by atoms with Crippen molar-refractivity contribution in [3.8, 4) is 11.4 Å². The molecule has 1 aromatic carbocycles. The molecule has 1 atom stereocenters. The van der Waals surface area contributed by atoms with E-state index in [1.807, 2.05) is 0 Å². The zero-order valence-electron chi connectivity index (χ0n) is 14.9. The molecule has 0 bridgehead atoms. The topological polar surface area (TPSA) is 138 Å². The van der Waals surface area contributed by atoms with Crippen LogP contribution in [0.1, 0.15) is 24.4 Å². The van der Waals surface area contributed by atoms with Crippen molar-refractivity contribution in [2.24, 2.45) is 0 Å². The molecule has 3 N–H and O–H groups in total. The smallest absolute Gasteiger partial charge is 0.223 e. The Bertz CT molecular complexity index is 1090. The molecule has 13 heteroatoms. The molecule has 1 unspecified atom stereocenters. The Balaban J connectivity index is 1.55. The molecule has 0 amide bonds. The quantitative estimate of drug-likeness (QED) is 0.492. The van der Waals surface area contributed by atoms with Crippen molar-refractivity contribution in [1.29, 1.82) is 0 Å². The summed E-state index contributed by atoms with van der Waals surface area (Å²) < 4.78 is 54.4. The van der Waals surface area contributed by atoms with Crippen molar-refractivity contribution < 1.29 is 17.2 Å². The molecular weight excluding hydrogens is 406 g/mol. The van der Waals surface area contributed by atoms with Crippen molar-refractivity contribution in [1.82, 2.24) is 35.3 Å². The standard InChI is InChI=1S/C16H16F2N8O2S/c17-10-1-4-12(13(18)5-10)14(8-21-29(27,28)11-2-3-11)22-16-19-6-9(7-20-16)15-23-25-26-24-15/h1,4-7,11,14,21H,2-3,8H2,(H,19,20,22)(H,23,24,25,26). The molecular formula is C16H16F2N8O2S. The van der Waals surface area contributed by atoms with E-state index in [0.717, 1.165) is 12.1 Å². The average molecular weight is 422 g/mol. The highest BCUT2D eigenvalue weighted by molar-refractivity contribution is 7.90. The Morgan fingerprint density at radius 1 is 1.21 bits per heavy atom. The highest BCUT2D eigenvalue weighted by Gasteiger charge is 2.36.